The first-order valence-corrected chi connectivity index (χ1v) is 11.7. The number of rotatable bonds is 4. The van der Waals surface area contributed by atoms with Gasteiger partial charge >= 0.3 is 0 Å². The Balaban J connectivity index is 1.62. The lowest BCUT2D eigenvalue weighted by molar-refractivity contribution is -0.142. The number of carbonyl (C=O) groups is 2. The largest absolute Gasteiger partial charge is 0.341 e. The van der Waals surface area contributed by atoms with Crippen LogP contribution in [0.2, 0.25) is 0 Å². The van der Waals surface area contributed by atoms with E-state index in [4.69, 9.17) is 0 Å². The summed E-state index contributed by atoms with van der Waals surface area (Å²) < 4.78 is 26.7. The number of benzene rings is 1. The van der Waals surface area contributed by atoms with Crippen molar-refractivity contribution in [1.82, 2.24) is 9.21 Å². The number of likely N-dealkylation sites (tertiary alicyclic amines) is 1. The van der Waals surface area contributed by atoms with Crippen molar-refractivity contribution in [3.8, 4) is 0 Å². The van der Waals surface area contributed by atoms with Crippen molar-refractivity contribution < 1.29 is 18.0 Å². The fraction of sp³-hybridized carbons (Fsp3) is 0.619. The number of nitrogens with zero attached hydrogens (tertiary/aromatic N) is 2. The molecule has 1 aromatic rings. The SMILES string of the molecule is CC(C)(C)C(=O)N1CCC[C@@H](C(=O)Nc2ccc(S(=O)(=O)N3CCCC3)cc2)C1. The number of piperidine rings is 1. The first-order chi connectivity index (χ1) is 13.6. The number of anilines is 1. The topological polar surface area (TPSA) is 86.8 Å². The van der Waals surface area contributed by atoms with Crippen LogP contribution in [0.3, 0.4) is 0 Å². The maximum absolute atomic E-state index is 12.7. The monoisotopic (exact) mass is 421 g/mol. The third-order valence-corrected chi connectivity index (χ3v) is 7.46. The maximum Gasteiger partial charge on any atom is 0.243 e. The van der Waals surface area contributed by atoms with E-state index in [0.29, 0.717) is 31.9 Å². The molecule has 0 aromatic heterocycles. The van der Waals surface area contributed by atoms with E-state index in [1.807, 2.05) is 20.8 Å². The molecule has 7 nitrogen and oxygen atoms in total. The summed E-state index contributed by atoms with van der Waals surface area (Å²) >= 11 is 0. The molecule has 8 heteroatoms. The van der Waals surface area contributed by atoms with E-state index in [1.54, 1.807) is 29.2 Å². The fourth-order valence-corrected chi connectivity index (χ4v) is 5.40. The van der Waals surface area contributed by atoms with Gasteiger partial charge in [0.25, 0.3) is 0 Å². The minimum atomic E-state index is -3.46. The zero-order valence-electron chi connectivity index (χ0n) is 17.5. The van der Waals surface area contributed by atoms with Crippen LogP contribution >= 0.6 is 0 Å². The number of hydrogen-bond acceptors (Lipinski definition) is 4. The van der Waals surface area contributed by atoms with E-state index in [-0.39, 0.29) is 22.6 Å². The predicted molar refractivity (Wildman–Crippen MR) is 112 cm³/mol. The van der Waals surface area contributed by atoms with Gasteiger partial charge in [-0.2, -0.15) is 4.31 Å². The molecule has 0 aliphatic carbocycles. The van der Waals surface area contributed by atoms with Crippen molar-refractivity contribution in [1.29, 1.82) is 0 Å². The van der Waals surface area contributed by atoms with Gasteiger partial charge in [-0.15, -0.1) is 0 Å². The molecule has 2 saturated heterocycles. The number of carbonyl (C=O) groups excluding carboxylic acids is 2. The summed E-state index contributed by atoms with van der Waals surface area (Å²) in [6.07, 6.45) is 3.32. The van der Waals surface area contributed by atoms with Gasteiger partial charge in [0.05, 0.1) is 10.8 Å². The minimum absolute atomic E-state index is 0.0615. The van der Waals surface area contributed by atoms with E-state index in [9.17, 15) is 18.0 Å². The Hall–Kier alpha value is -1.93. The van der Waals surface area contributed by atoms with E-state index < -0.39 is 15.4 Å². The molecule has 0 unspecified atom stereocenters. The second kappa shape index (κ2) is 8.44. The van der Waals surface area contributed by atoms with Gasteiger partial charge in [-0.05, 0) is 49.9 Å². The highest BCUT2D eigenvalue weighted by Gasteiger charge is 2.33. The summed E-state index contributed by atoms with van der Waals surface area (Å²) in [6.45, 7) is 7.88. The molecule has 2 fully saturated rings. The highest BCUT2D eigenvalue weighted by atomic mass is 32.2. The molecule has 2 aliphatic heterocycles. The number of sulfonamides is 1. The van der Waals surface area contributed by atoms with Crippen molar-refractivity contribution >= 4 is 27.5 Å². The molecule has 1 atom stereocenters. The normalized spacial score (nSPS) is 21.2. The molecule has 3 rings (SSSR count). The summed E-state index contributed by atoms with van der Waals surface area (Å²) in [4.78, 5) is 27.2. The quantitative estimate of drug-likeness (QED) is 0.810. The first-order valence-electron chi connectivity index (χ1n) is 10.3. The van der Waals surface area contributed by atoms with E-state index in [1.165, 1.54) is 4.31 Å². The smallest absolute Gasteiger partial charge is 0.243 e. The molecular formula is C21H31N3O4S. The van der Waals surface area contributed by atoms with Crippen molar-refractivity contribution in [3.63, 3.8) is 0 Å². The molecule has 0 bridgehead atoms. The first kappa shape index (κ1) is 21.8. The molecule has 2 aliphatic rings. The van der Waals surface area contributed by atoms with Crippen LogP contribution in [-0.4, -0.2) is 55.6 Å². The lowest BCUT2D eigenvalue weighted by Crippen LogP contribution is -2.47. The Labute approximate surface area is 173 Å². The second-order valence-electron chi connectivity index (χ2n) is 8.97. The van der Waals surface area contributed by atoms with Gasteiger partial charge in [-0.1, -0.05) is 20.8 Å². The van der Waals surface area contributed by atoms with Crippen LogP contribution in [0.4, 0.5) is 5.69 Å². The Morgan fingerprint density at radius 1 is 1.00 bits per heavy atom. The summed E-state index contributed by atoms with van der Waals surface area (Å²) in [5.41, 5.74) is 0.101. The summed E-state index contributed by atoms with van der Waals surface area (Å²) in [5, 5.41) is 2.87. The molecule has 0 saturated carbocycles. The second-order valence-corrected chi connectivity index (χ2v) is 10.9. The summed E-state index contributed by atoms with van der Waals surface area (Å²) in [7, 11) is -3.46. The standard InChI is InChI=1S/C21H31N3O4S/c1-21(2,3)20(26)23-12-6-7-16(15-23)19(25)22-17-8-10-18(11-9-17)29(27,28)24-13-4-5-14-24/h8-11,16H,4-7,12-15H2,1-3H3,(H,22,25)/t16-/m1/s1. The minimum Gasteiger partial charge on any atom is -0.341 e. The summed E-state index contributed by atoms with van der Waals surface area (Å²) in [6, 6.07) is 6.34. The lowest BCUT2D eigenvalue weighted by atomic mass is 9.91. The van der Waals surface area contributed by atoms with E-state index in [2.05, 4.69) is 5.32 Å². The molecule has 160 valence electrons. The highest BCUT2D eigenvalue weighted by molar-refractivity contribution is 7.89. The van der Waals surface area contributed by atoms with E-state index in [0.717, 1.165) is 25.7 Å². The van der Waals surface area contributed by atoms with Crippen LogP contribution in [0.15, 0.2) is 29.2 Å². The van der Waals surface area contributed by atoms with E-state index >= 15 is 0 Å². The van der Waals surface area contributed by atoms with Gasteiger partial charge in [0, 0.05) is 37.3 Å². The van der Waals surface area contributed by atoms with Gasteiger partial charge in [-0.3, -0.25) is 9.59 Å². The Bertz CT molecular complexity index is 853. The molecule has 2 heterocycles. The average molecular weight is 422 g/mol. The Kier molecular flexibility index (Phi) is 6.33. The van der Waals surface area contributed by atoms with Crippen molar-refractivity contribution in [3.05, 3.63) is 24.3 Å². The maximum atomic E-state index is 12.7. The molecular weight excluding hydrogens is 390 g/mol. The van der Waals surface area contributed by atoms with Crippen LogP contribution in [0, 0.1) is 11.3 Å². The third kappa shape index (κ3) is 4.98. The number of hydrogen-bond donors (Lipinski definition) is 1. The summed E-state index contributed by atoms with van der Waals surface area (Å²) in [5.74, 6) is -0.332. The Morgan fingerprint density at radius 3 is 2.21 bits per heavy atom. The van der Waals surface area contributed by atoms with Crippen LogP contribution in [0.1, 0.15) is 46.5 Å². The van der Waals surface area contributed by atoms with Gasteiger partial charge in [-0.25, -0.2) is 8.42 Å². The molecule has 0 radical (unpaired) electrons. The zero-order chi connectivity index (χ0) is 21.2. The third-order valence-electron chi connectivity index (χ3n) is 5.55. The Morgan fingerprint density at radius 2 is 1.62 bits per heavy atom. The fourth-order valence-electron chi connectivity index (χ4n) is 3.88. The number of nitrogens with one attached hydrogen (secondary N) is 1. The molecule has 1 N–H and O–H groups in total. The van der Waals surface area contributed by atoms with Crippen LogP contribution in [-0.2, 0) is 19.6 Å². The van der Waals surface area contributed by atoms with Crippen molar-refractivity contribution in [2.24, 2.45) is 11.3 Å². The zero-order valence-corrected chi connectivity index (χ0v) is 18.3. The van der Waals surface area contributed by atoms with Gasteiger partial charge in [0.15, 0.2) is 0 Å². The average Bonchev–Trinajstić information content (AvgIpc) is 3.23. The lowest BCUT2D eigenvalue weighted by Gasteiger charge is -2.35. The van der Waals surface area contributed by atoms with Gasteiger partial charge < -0.3 is 10.2 Å². The molecule has 29 heavy (non-hydrogen) atoms. The van der Waals surface area contributed by atoms with Crippen molar-refractivity contribution in [2.75, 3.05) is 31.5 Å². The predicted octanol–water partition coefficient (Wildman–Crippen LogP) is 2.69. The van der Waals surface area contributed by atoms with Crippen molar-refractivity contribution in [2.45, 2.75) is 51.3 Å². The number of amides is 2. The highest BCUT2D eigenvalue weighted by Crippen LogP contribution is 2.25. The van der Waals surface area contributed by atoms with Gasteiger partial charge in [0.1, 0.15) is 0 Å². The molecule has 0 spiro atoms. The van der Waals surface area contributed by atoms with Crippen LogP contribution in [0.25, 0.3) is 0 Å². The van der Waals surface area contributed by atoms with Crippen LogP contribution in [0.5, 0.6) is 0 Å². The van der Waals surface area contributed by atoms with Crippen LogP contribution < -0.4 is 5.32 Å². The molecule has 2 amide bonds. The molecule has 1 aromatic carbocycles. The van der Waals surface area contributed by atoms with Gasteiger partial charge in [0.2, 0.25) is 21.8 Å².